The molecule has 1 N–H and O–H groups in total. The molecule has 0 spiro atoms. The summed E-state index contributed by atoms with van der Waals surface area (Å²) in [5.41, 5.74) is 3.32. The van der Waals surface area contributed by atoms with Crippen molar-refractivity contribution in [3.8, 4) is 5.75 Å². The molecule has 2 fully saturated rings. The standard InChI is InChI=1S/C20H27NO.HI/c1-3-11-21(2)12-10-20-9-5-4-6-17(20)19(21)13-15-7-8-16(22)14-18(15)20;/h3,7-8,14,17,19H,1,4-6,9-13H2,2H3;1H/t17-,19-,20?,21?;/m0./s1. The van der Waals surface area contributed by atoms with Crippen LogP contribution >= 0.6 is 0 Å². The number of phenols is 1. The maximum atomic E-state index is 10.0. The molecule has 0 aromatic heterocycles. The average Bonchev–Trinajstić information content (AvgIpc) is 2.52. The zero-order valence-corrected chi connectivity index (χ0v) is 16.3. The van der Waals surface area contributed by atoms with E-state index in [0.29, 0.717) is 11.2 Å². The lowest BCUT2D eigenvalue weighted by molar-refractivity contribution is -0.940. The van der Waals surface area contributed by atoms with Gasteiger partial charge in [-0.1, -0.05) is 25.5 Å². The van der Waals surface area contributed by atoms with E-state index >= 15 is 0 Å². The van der Waals surface area contributed by atoms with Crippen LogP contribution in [0.3, 0.4) is 0 Å². The molecule has 1 heterocycles. The topological polar surface area (TPSA) is 20.2 Å². The number of quaternary nitrogens is 1. The quantitative estimate of drug-likeness (QED) is 0.422. The molecule has 4 atom stereocenters. The lowest BCUT2D eigenvalue weighted by Gasteiger charge is -2.61. The first-order chi connectivity index (χ1) is 10.6. The van der Waals surface area contributed by atoms with E-state index in [1.807, 2.05) is 6.07 Å². The molecule has 2 bridgehead atoms. The maximum absolute atomic E-state index is 10.0. The van der Waals surface area contributed by atoms with Crippen LogP contribution in [0.25, 0.3) is 0 Å². The molecule has 1 saturated carbocycles. The molecule has 1 aromatic rings. The van der Waals surface area contributed by atoms with Crippen molar-refractivity contribution in [2.75, 3.05) is 20.1 Å². The second-order valence-corrected chi connectivity index (χ2v) is 8.05. The highest BCUT2D eigenvalue weighted by Crippen LogP contribution is 2.57. The van der Waals surface area contributed by atoms with E-state index in [4.69, 9.17) is 0 Å². The second-order valence-electron chi connectivity index (χ2n) is 8.05. The number of phenolic OH excluding ortho intramolecular Hbond substituents is 1. The van der Waals surface area contributed by atoms with Crippen molar-refractivity contribution in [2.24, 2.45) is 5.92 Å². The highest BCUT2D eigenvalue weighted by atomic mass is 127. The maximum Gasteiger partial charge on any atom is 0.115 e. The molecule has 2 nitrogen and oxygen atoms in total. The van der Waals surface area contributed by atoms with Crippen LogP contribution in [-0.4, -0.2) is 35.8 Å². The van der Waals surface area contributed by atoms with Crippen molar-refractivity contribution in [3.63, 3.8) is 0 Å². The molecule has 2 aliphatic carbocycles. The lowest BCUT2D eigenvalue weighted by Crippen LogP contribution is -3.00. The molecule has 4 rings (SSSR count). The number of benzene rings is 1. The summed E-state index contributed by atoms with van der Waals surface area (Å²) in [5, 5.41) is 10.0. The molecule has 1 aliphatic heterocycles. The van der Waals surface area contributed by atoms with E-state index in [1.54, 1.807) is 0 Å². The molecular formula is C20H28INO. The number of hydrogen-bond acceptors (Lipinski definition) is 1. The number of nitrogens with zero attached hydrogens (tertiary/aromatic N) is 1. The van der Waals surface area contributed by atoms with Crippen LogP contribution in [0, 0.1) is 5.92 Å². The van der Waals surface area contributed by atoms with Crippen LogP contribution < -0.4 is 24.0 Å². The molecule has 3 heteroatoms. The largest absolute Gasteiger partial charge is 1.00 e. The van der Waals surface area contributed by atoms with Gasteiger partial charge in [0.2, 0.25) is 0 Å². The molecule has 0 radical (unpaired) electrons. The zero-order valence-electron chi connectivity index (χ0n) is 14.1. The van der Waals surface area contributed by atoms with E-state index in [1.165, 1.54) is 56.2 Å². The van der Waals surface area contributed by atoms with Crippen molar-refractivity contribution >= 4 is 0 Å². The predicted octanol–water partition coefficient (Wildman–Crippen LogP) is 0.785. The third kappa shape index (κ3) is 2.46. The van der Waals surface area contributed by atoms with Crippen LogP contribution in [-0.2, 0) is 11.8 Å². The first-order valence-electron chi connectivity index (χ1n) is 8.87. The summed E-state index contributed by atoms with van der Waals surface area (Å²) in [6.07, 6.45) is 9.97. The van der Waals surface area contributed by atoms with E-state index in [-0.39, 0.29) is 24.0 Å². The fourth-order valence-corrected chi connectivity index (χ4v) is 5.98. The Morgan fingerprint density at radius 2 is 2.17 bits per heavy atom. The van der Waals surface area contributed by atoms with Crippen molar-refractivity contribution in [2.45, 2.75) is 50.0 Å². The van der Waals surface area contributed by atoms with Crippen LogP contribution in [0.5, 0.6) is 5.75 Å². The van der Waals surface area contributed by atoms with Crippen molar-refractivity contribution in [3.05, 3.63) is 42.0 Å². The van der Waals surface area contributed by atoms with Gasteiger partial charge in [-0.05, 0) is 42.2 Å². The van der Waals surface area contributed by atoms with Gasteiger partial charge in [0.05, 0.1) is 26.2 Å². The monoisotopic (exact) mass is 425 g/mol. The number of likely N-dealkylation sites (tertiary alicyclic amines) is 1. The SMILES string of the molecule is C=CC[N+]1(C)CCC23CCCC[C@H]2[C@@H]1Cc1ccc(O)cc13.[I-]. The Balaban J connectivity index is 0.00000156. The minimum Gasteiger partial charge on any atom is -1.00 e. The number of fused-ring (bicyclic) bond motifs is 1. The first kappa shape index (κ1) is 17.3. The van der Waals surface area contributed by atoms with E-state index in [9.17, 15) is 5.11 Å². The van der Waals surface area contributed by atoms with Crippen molar-refractivity contribution in [1.29, 1.82) is 0 Å². The summed E-state index contributed by atoms with van der Waals surface area (Å²) >= 11 is 0. The molecule has 0 amide bonds. The number of halogens is 1. The van der Waals surface area contributed by atoms with Crippen molar-refractivity contribution in [1.82, 2.24) is 0 Å². The summed E-state index contributed by atoms with van der Waals surface area (Å²) in [7, 11) is 2.44. The predicted molar refractivity (Wildman–Crippen MR) is 90.0 cm³/mol. The normalized spacial score (nSPS) is 38.0. The molecule has 126 valence electrons. The van der Waals surface area contributed by atoms with Crippen LogP contribution in [0.15, 0.2) is 30.9 Å². The van der Waals surface area contributed by atoms with Gasteiger partial charge >= 0.3 is 0 Å². The summed E-state index contributed by atoms with van der Waals surface area (Å²) in [6, 6.07) is 6.89. The number of hydrogen-bond donors (Lipinski definition) is 1. The third-order valence-corrected chi connectivity index (χ3v) is 7.04. The first-order valence-corrected chi connectivity index (χ1v) is 8.87. The fraction of sp³-hybridized carbons (Fsp3) is 0.600. The van der Waals surface area contributed by atoms with Gasteiger partial charge in [0.25, 0.3) is 0 Å². The van der Waals surface area contributed by atoms with Gasteiger partial charge in [0.15, 0.2) is 0 Å². The molecule has 2 unspecified atom stereocenters. The third-order valence-electron chi connectivity index (χ3n) is 7.04. The van der Waals surface area contributed by atoms with Gasteiger partial charge in [-0.25, -0.2) is 0 Å². The minimum atomic E-state index is 0. The second kappa shape index (κ2) is 6.07. The summed E-state index contributed by atoms with van der Waals surface area (Å²) in [5.74, 6) is 1.24. The van der Waals surface area contributed by atoms with Crippen LogP contribution in [0.2, 0.25) is 0 Å². The van der Waals surface area contributed by atoms with Gasteiger partial charge in [0, 0.05) is 24.2 Å². The van der Waals surface area contributed by atoms with Gasteiger partial charge in [-0.15, -0.1) is 0 Å². The Hall–Kier alpha value is -0.550. The zero-order chi connectivity index (χ0) is 15.4. The number of piperidine rings is 1. The summed E-state index contributed by atoms with van der Waals surface area (Å²) in [4.78, 5) is 0. The summed E-state index contributed by atoms with van der Waals surface area (Å²) in [6.45, 7) is 6.36. The van der Waals surface area contributed by atoms with Crippen molar-refractivity contribution < 1.29 is 33.6 Å². The molecule has 23 heavy (non-hydrogen) atoms. The Kier molecular flexibility index (Phi) is 4.56. The number of rotatable bonds is 2. The number of likely N-dealkylation sites (N-methyl/N-ethyl adjacent to an activating group) is 1. The molecule has 1 saturated heterocycles. The minimum absolute atomic E-state index is 0. The Labute approximate surface area is 157 Å². The summed E-state index contributed by atoms with van der Waals surface area (Å²) < 4.78 is 1.16. The van der Waals surface area contributed by atoms with Gasteiger partial charge in [-0.3, -0.25) is 0 Å². The van der Waals surface area contributed by atoms with E-state index in [0.717, 1.165) is 23.0 Å². The molecule has 3 aliphatic rings. The fourth-order valence-electron chi connectivity index (χ4n) is 5.98. The molecule has 1 aromatic carbocycles. The van der Waals surface area contributed by atoms with E-state index < -0.39 is 0 Å². The van der Waals surface area contributed by atoms with Gasteiger partial charge < -0.3 is 33.6 Å². The Morgan fingerprint density at radius 3 is 2.96 bits per heavy atom. The van der Waals surface area contributed by atoms with Crippen LogP contribution in [0.4, 0.5) is 0 Å². The smallest absolute Gasteiger partial charge is 0.115 e. The average molecular weight is 425 g/mol. The highest BCUT2D eigenvalue weighted by Gasteiger charge is 2.58. The number of aromatic hydroxyl groups is 1. The van der Waals surface area contributed by atoms with Gasteiger partial charge in [0.1, 0.15) is 5.75 Å². The van der Waals surface area contributed by atoms with E-state index in [2.05, 4.69) is 31.8 Å². The van der Waals surface area contributed by atoms with Crippen LogP contribution in [0.1, 0.15) is 43.2 Å². The Bertz CT molecular complexity index is 616. The molecular weight excluding hydrogens is 397 g/mol. The highest BCUT2D eigenvalue weighted by molar-refractivity contribution is 5.44. The Morgan fingerprint density at radius 1 is 1.35 bits per heavy atom. The van der Waals surface area contributed by atoms with Gasteiger partial charge in [-0.2, -0.15) is 0 Å². The lowest BCUT2D eigenvalue weighted by atomic mass is 9.52.